The molecule has 0 aliphatic rings. The minimum Gasteiger partial charge on any atom is -0.468 e. The van der Waals surface area contributed by atoms with Crippen molar-refractivity contribution in [2.24, 2.45) is 7.05 Å². The molecule has 1 atom stereocenters. The number of nitrogens with zero attached hydrogens (tertiary/aromatic N) is 2. The second-order valence-corrected chi connectivity index (χ2v) is 6.05. The molecule has 0 radical (unpaired) electrons. The summed E-state index contributed by atoms with van der Waals surface area (Å²) in [5.74, 6) is -0.109. The molecule has 0 spiro atoms. The number of aryl methyl sites for hydroxylation is 1. The van der Waals surface area contributed by atoms with Gasteiger partial charge >= 0.3 is 17.1 Å². The molecule has 1 aromatic rings. The Hall–Kier alpha value is -1.61. The quantitative estimate of drug-likeness (QED) is 0.413. The smallest absolute Gasteiger partial charge is 0.339 e. The van der Waals surface area contributed by atoms with Gasteiger partial charge in [0.05, 0.1) is 7.11 Å². The number of nitrogens with one attached hydrogen (secondary N) is 2. The SMILES string of the molecule is COC(=O)C(C)(CSc1nc(=O)c(=O)[nH]n1C)NC(C)C. The fourth-order valence-electron chi connectivity index (χ4n) is 1.82. The maximum atomic E-state index is 12.0. The number of aromatic nitrogens is 3. The lowest BCUT2D eigenvalue weighted by Gasteiger charge is -2.29. The zero-order chi connectivity index (χ0) is 16.2. The standard InChI is InChI=1S/C12H20N4O4S/c1-7(2)14-12(3,10(19)20-5)6-21-11-13-8(17)9(18)15-16(11)4/h7,14H,6H2,1-5H3,(H,15,18). The van der Waals surface area contributed by atoms with E-state index in [0.29, 0.717) is 10.9 Å². The third-order valence-corrected chi connectivity index (χ3v) is 4.03. The van der Waals surface area contributed by atoms with Crippen molar-refractivity contribution in [1.82, 2.24) is 20.1 Å². The molecule has 8 nitrogen and oxygen atoms in total. The lowest BCUT2D eigenvalue weighted by Crippen LogP contribution is -2.55. The van der Waals surface area contributed by atoms with E-state index >= 15 is 0 Å². The first kappa shape index (κ1) is 17.4. The highest BCUT2D eigenvalue weighted by atomic mass is 32.2. The van der Waals surface area contributed by atoms with Crippen LogP contribution in [0.4, 0.5) is 0 Å². The van der Waals surface area contributed by atoms with E-state index < -0.39 is 22.6 Å². The predicted molar refractivity (Wildman–Crippen MR) is 79.5 cm³/mol. The molecule has 1 heterocycles. The van der Waals surface area contributed by atoms with Crippen LogP contribution in [0.2, 0.25) is 0 Å². The van der Waals surface area contributed by atoms with Gasteiger partial charge in [-0.1, -0.05) is 11.8 Å². The van der Waals surface area contributed by atoms with Crippen molar-refractivity contribution in [2.75, 3.05) is 12.9 Å². The second kappa shape index (κ2) is 6.90. The molecule has 0 bridgehead atoms. The molecule has 0 fully saturated rings. The van der Waals surface area contributed by atoms with E-state index in [1.54, 1.807) is 14.0 Å². The number of aromatic amines is 1. The maximum absolute atomic E-state index is 12.0. The van der Waals surface area contributed by atoms with E-state index in [0.717, 1.165) is 0 Å². The number of H-pyrrole nitrogens is 1. The normalized spacial score (nSPS) is 14.0. The Labute approximate surface area is 126 Å². The third-order valence-electron chi connectivity index (χ3n) is 2.68. The number of ether oxygens (including phenoxy) is 1. The van der Waals surface area contributed by atoms with E-state index in [1.807, 2.05) is 13.8 Å². The van der Waals surface area contributed by atoms with Crippen LogP contribution in [0.5, 0.6) is 0 Å². The van der Waals surface area contributed by atoms with Gasteiger partial charge in [-0.15, -0.1) is 0 Å². The summed E-state index contributed by atoms with van der Waals surface area (Å²) >= 11 is 1.18. The van der Waals surface area contributed by atoms with Crippen molar-refractivity contribution in [1.29, 1.82) is 0 Å². The topological polar surface area (TPSA) is 106 Å². The van der Waals surface area contributed by atoms with Crippen LogP contribution in [0.3, 0.4) is 0 Å². The van der Waals surface area contributed by atoms with Crippen LogP contribution in [0, 0.1) is 0 Å². The number of carbonyl (C=O) groups excluding carboxylic acids is 1. The van der Waals surface area contributed by atoms with Gasteiger partial charge in [-0.3, -0.25) is 29.5 Å². The molecule has 9 heteroatoms. The Bertz CT molecular complexity index is 624. The van der Waals surface area contributed by atoms with E-state index in [9.17, 15) is 14.4 Å². The van der Waals surface area contributed by atoms with Gasteiger partial charge in [-0.2, -0.15) is 4.98 Å². The summed E-state index contributed by atoms with van der Waals surface area (Å²) in [5, 5.41) is 5.82. The Morgan fingerprint density at radius 2 is 2.14 bits per heavy atom. The first-order valence-electron chi connectivity index (χ1n) is 6.36. The molecule has 0 saturated carbocycles. The molecular formula is C12H20N4O4S. The molecule has 21 heavy (non-hydrogen) atoms. The number of rotatable bonds is 6. The van der Waals surface area contributed by atoms with Crippen LogP contribution in [0.15, 0.2) is 14.7 Å². The van der Waals surface area contributed by atoms with Crippen LogP contribution >= 0.6 is 11.8 Å². The lowest BCUT2D eigenvalue weighted by molar-refractivity contribution is -0.147. The molecule has 0 aromatic carbocycles. The summed E-state index contributed by atoms with van der Waals surface area (Å²) in [6.07, 6.45) is 0. The fourth-order valence-corrected chi connectivity index (χ4v) is 2.83. The Balaban J connectivity index is 2.97. The van der Waals surface area contributed by atoms with Crippen molar-refractivity contribution in [3.05, 3.63) is 20.7 Å². The van der Waals surface area contributed by atoms with Crippen LogP contribution in [-0.2, 0) is 16.6 Å². The first-order valence-corrected chi connectivity index (χ1v) is 7.34. The molecule has 118 valence electrons. The van der Waals surface area contributed by atoms with Gasteiger partial charge in [0.1, 0.15) is 5.54 Å². The molecular weight excluding hydrogens is 296 g/mol. The minimum absolute atomic E-state index is 0.0714. The van der Waals surface area contributed by atoms with E-state index in [-0.39, 0.29) is 6.04 Å². The second-order valence-electron chi connectivity index (χ2n) is 5.11. The van der Waals surface area contributed by atoms with E-state index in [1.165, 1.54) is 23.6 Å². The maximum Gasteiger partial charge on any atom is 0.339 e. The first-order chi connectivity index (χ1) is 9.69. The van der Waals surface area contributed by atoms with Crippen molar-refractivity contribution >= 4 is 17.7 Å². The lowest BCUT2D eigenvalue weighted by atomic mass is 10.0. The summed E-state index contributed by atoms with van der Waals surface area (Å²) in [6.45, 7) is 5.55. The number of hydrogen-bond donors (Lipinski definition) is 2. The van der Waals surface area contributed by atoms with Gasteiger partial charge in [0.2, 0.25) is 0 Å². The minimum atomic E-state index is -0.929. The number of carbonyl (C=O) groups is 1. The van der Waals surface area contributed by atoms with Gasteiger partial charge in [0.15, 0.2) is 5.16 Å². The van der Waals surface area contributed by atoms with Gasteiger partial charge in [0.25, 0.3) is 0 Å². The highest BCUT2D eigenvalue weighted by Crippen LogP contribution is 2.20. The monoisotopic (exact) mass is 316 g/mol. The Kier molecular flexibility index (Phi) is 5.73. The van der Waals surface area contributed by atoms with Gasteiger partial charge in [-0.05, 0) is 20.8 Å². The average Bonchev–Trinajstić information content (AvgIpc) is 2.39. The van der Waals surface area contributed by atoms with Crippen LogP contribution in [0.25, 0.3) is 0 Å². The predicted octanol–water partition coefficient (Wildman–Crippen LogP) is -0.510. The van der Waals surface area contributed by atoms with Crippen LogP contribution in [0.1, 0.15) is 20.8 Å². The fraction of sp³-hybridized carbons (Fsp3) is 0.667. The van der Waals surface area contributed by atoms with Crippen molar-refractivity contribution in [3.63, 3.8) is 0 Å². The zero-order valence-corrected chi connectivity index (χ0v) is 13.5. The number of methoxy groups -OCH3 is 1. The van der Waals surface area contributed by atoms with Crippen molar-refractivity contribution in [2.45, 2.75) is 37.5 Å². The number of thioether (sulfide) groups is 1. The number of esters is 1. The summed E-state index contributed by atoms with van der Waals surface area (Å²) in [4.78, 5) is 38.1. The zero-order valence-electron chi connectivity index (χ0n) is 12.7. The van der Waals surface area contributed by atoms with Gasteiger partial charge < -0.3 is 4.74 Å². The number of hydrogen-bond acceptors (Lipinski definition) is 7. The molecule has 1 aromatic heterocycles. The molecule has 2 N–H and O–H groups in total. The summed E-state index contributed by atoms with van der Waals surface area (Å²) in [6, 6.07) is 0.0714. The molecule has 0 aliphatic carbocycles. The Morgan fingerprint density at radius 3 is 2.67 bits per heavy atom. The highest BCUT2D eigenvalue weighted by Gasteiger charge is 2.35. The van der Waals surface area contributed by atoms with Gasteiger partial charge in [0, 0.05) is 18.8 Å². The molecule has 0 amide bonds. The summed E-state index contributed by atoms with van der Waals surface area (Å²) < 4.78 is 6.16. The molecule has 0 saturated heterocycles. The molecule has 1 unspecified atom stereocenters. The average molecular weight is 316 g/mol. The van der Waals surface area contributed by atoms with Crippen molar-refractivity contribution in [3.8, 4) is 0 Å². The van der Waals surface area contributed by atoms with Crippen molar-refractivity contribution < 1.29 is 9.53 Å². The van der Waals surface area contributed by atoms with E-state index in [2.05, 4.69) is 15.4 Å². The summed E-state index contributed by atoms with van der Waals surface area (Å²) in [7, 11) is 2.89. The molecule has 0 aliphatic heterocycles. The molecule has 1 rings (SSSR count). The van der Waals surface area contributed by atoms with Crippen LogP contribution in [-0.4, -0.2) is 45.2 Å². The highest BCUT2D eigenvalue weighted by molar-refractivity contribution is 7.99. The Morgan fingerprint density at radius 1 is 1.52 bits per heavy atom. The largest absolute Gasteiger partial charge is 0.468 e. The van der Waals surface area contributed by atoms with E-state index in [4.69, 9.17) is 4.74 Å². The van der Waals surface area contributed by atoms with Gasteiger partial charge in [-0.25, -0.2) is 0 Å². The third kappa shape index (κ3) is 4.43. The van der Waals surface area contributed by atoms with Crippen LogP contribution < -0.4 is 16.4 Å². The summed E-state index contributed by atoms with van der Waals surface area (Å²) in [5.41, 5.74) is -2.56.